The van der Waals surface area contributed by atoms with Gasteiger partial charge >= 0.3 is 0 Å². The van der Waals surface area contributed by atoms with Crippen molar-refractivity contribution in [1.29, 1.82) is 0 Å². The molecule has 0 saturated carbocycles. The summed E-state index contributed by atoms with van der Waals surface area (Å²) in [5.41, 5.74) is 1.70. The smallest absolute Gasteiger partial charge is 0.176 e. The van der Waals surface area contributed by atoms with E-state index in [0.717, 1.165) is 16.7 Å². The van der Waals surface area contributed by atoms with Crippen LogP contribution in [0.2, 0.25) is 0 Å². The zero-order chi connectivity index (χ0) is 11.2. The third-order valence-corrected chi connectivity index (χ3v) is 2.70. The molecule has 0 aliphatic carbocycles. The van der Waals surface area contributed by atoms with E-state index in [-0.39, 0.29) is 11.5 Å². The second-order valence-corrected chi connectivity index (χ2v) is 3.68. The van der Waals surface area contributed by atoms with Gasteiger partial charge in [0.2, 0.25) is 0 Å². The van der Waals surface area contributed by atoms with Gasteiger partial charge in [-0.1, -0.05) is 0 Å². The first-order chi connectivity index (χ1) is 7.02. The average molecular weight is 204 g/mol. The molecule has 3 heteroatoms. The molecule has 0 spiro atoms. The van der Waals surface area contributed by atoms with Gasteiger partial charge < -0.3 is 9.52 Å². The molecule has 2 rings (SSSR count). The van der Waals surface area contributed by atoms with Crippen molar-refractivity contribution in [2.45, 2.75) is 20.8 Å². The van der Waals surface area contributed by atoms with Crippen molar-refractivity contribution in [3.05, 3.63) is 29.0 Å². The van der Waals surface area contributed by atoms with Crippen LogP contribution in [-0.4, -0.2) is 10.9 Å². The molecule has 3 nitrogen and oxygen atoms in total. The van der Waals surface area contributed by atoms with E-state index in [0.29, 0.717) is 11.1 Å². The molecule has 0 atom stereocenters. The first-order valence-electron chi connectivity index (χ1n) is 4.75. The van der Waals surface area contributed by atoms with Crippen LogP contribution < -0.4 is 0 Å². The summed E-state index contributed by atoms with van der Waals surface area (Å²) in [5.74, 6) is 0.540. The number of Topliss-reactive ketones (excluding diaryl/α,β-unsaturated/α-hetero) is 1. The molecule has 0 fully saturated rings. The average Bonchev–Trinajstić information content (AvgIpc) is 2.45. The maximum Gasteiger partial charge on any atom is 0.176 e. The molecule has 1 N–H and O–H groups in total. The molecular weight excluding hydrogens is 192 g/mol. The lowest BCUT2D eigenvalue weighted by Crippen LogP contribution is -1.92. The van der Waals surface area contributed by atoms with Crippen LogP contribution in [-0.2, 0) is 0 Å². The maximum absolute atomic E-state index is 11.2. The standard InChI is InChI=1S/C12H12O3/c1-6-8(3)15-12-9(6)4-5-10(7(2)13)11(12)14/h4-5,14H,1-3H3. The minimum absolute atomic E-state index is 0.0591. The monoisotopic (exact) mass is 204 g/mol. The molecule has 1 aromatic carbocycles. The molecule has 0 unspecified atom stereocenters. The van der Waals surface area contributed by atoms with E-state index in [1.165, 1.54) is 6.92 Å². The second-order valence-electron chi connectivity index (χ2n) is 3.68. The van der Waals surface area contributed by atoms with E-state index >= 15 is 0 Å². The van der Waals surface area contributed by atoms with E-state index in [4.69, 9.17) is 4.42 Å². The van der Waals surface area contributed by atoms with E-state index in [1.54, 1.807) is 12.1 Å². The van der Waals surface area contributed by atoms with E-state index < -0.39 is 0 Å². The molecule has 15 heavy (non-hydrogen) atoms. The third kappa shape index (κ3) is 1.31. The topological polar surface area (TPSA) is 50.4 Å². The van der Waals surface area contributed by atoms with Crippen LogP contribution in [0.3, 0.4) is 0 Å². The van der Waals surface area contributed by atoms with Crippen molar-refractivity contribution >= 4 is 16.8 Å². The number of hydrogen-bond donors (Lipinski definition) is 1. The predicted molar refractivity (Wildman–Crippen MR) is 57.4 cm³/mol. The number of aryl methyl sites for hydroxylation is 2. The fraction of sp³-hybridized carbons (Fsp3) is 0.250. The van der Waals surface area contributed by atoms with Crippen LogP contribution in [0, 0.1) is 13.8 Å². The van der Waals surface area contributed by atoms with E-state index in [1.807, 2.05) is 13.8 Å². The van der Waals surface area contributed by atoms with Crippen LogP contribution in [0.1, 0.15) is 28.6 Å². The van der Waals surface area contributed by atoms with Crippen molar-refractivity contribution in [3.8, 4) is 5.75 Å². The molecule has 0 aliphatic heterocycles. The summed E-state index contributed by atoms with van der Waals surface area (Å²) >= 11 is 0. The summed E-state index contributed by atoms with van der Waals surface area (Å²) < 4.78 is 5.42. The van der Waals surface area contributed by atoms with Gasteiger partial charge in [-0.05, 0) is 38.5 Å². The Balaban J connectivity index is 2.85. The van der Waals surface area contributed by atoms with Gasteiger partial charge in [-0.3, -0.25) is 4.79 Å². The van der Waals surface area contributed by atoms with Gasteiger partial charge in [-0.15, -0.1) is 0 Å². The van der Waals surface area contributed by atoms with Crippen molar-refractivity contribution < 1.29 is 14.3 Å². The highest BCUT2D eigenvalue weighted by molar-refractivity contribution is 6.02. The van der Waals surface area contributed by atoms with Crippen molar-refractivity contribution in [2.24, 2.45) is 0 Å². The zero-order valence-corrected chi connectivity index (χ0v) is 8.92. The van der Waals surface area contributed by atoms with Crippen LogP contribution in [0.15, 0.2) is 16.5 Å². The Morgan fingerprint density at radius 2 is 2.00 bits per heavy atom. The van der Waals surface area contributed by atoms with E-state index in [2.05, 4.69) is 0 Å². The lowest BCUT2D eigenvalue weighted by atomic mass is 10.1. The van der Waals surface area contributed by atoms with Gasteiger partial charge in [-0.25, -0.2) is 0 Å². The van der Waals surface area contributed by atoms with Crippen molar-refractivity contribution in [3.63, 3.8) is 0 Å². The Morgan fingerprint density at radius 1 is 1.33 bits per heavy atom. The normalized spacial score (nSPS) is 10.9. The molecule has 0 radical (unpaired) electrons. The summed E-state index contributed by atoms with van der Waals surface area (Å²) in [4.78, 5) is 11.2. The number of phenolic OH excluding ortho intramolecular Hbond substituents is 1. The SMILES string of the molecule is CC(=O)c1ccc2c(C)c(C)oc2c1O. The molecule has 1 heterocycles. The number of aromatic hydroxyl groups is 1. The Kier molecular flexibility index (Phi) is 2.03. The number of rotatable bonds is 1. The lowest BCUT2D eigenvalue weighted by Gasteiger charge is -2.00. The lowest BCUT2D eigenvalue weighted by molar-refractivity contribution is 0.101. The Labute approximate surface area is 87.3 Å². The first-order valence-corrected chi connectivity index (χ1v) is 4.75. The van der Waals surface area contributed by atoms with Gasteiger partial charge in [0, 0.05) is 5.39 Å². The summed E-state index contributed by atoms with van der Waals surface area (Å²) in [6, 6.07) is 3.43. The summed E-state index contributed by atoms with van der Waals surface area (Å²) in [6.07, 6.45) is 0. The number of furan rings is 1. The first kappa shape index (κ1) is 9.77. The number of carbonyl (C=O) groups is 1. The van der Waals surface area contributed by atoms with Crippen LogP contribution in [0.25, 0.3) is 11.0 Å². The molecule has 78 valence electrons. The quantitative estimate of drug-likeness (QED) is 0.726. The second kappa shape index (κ2) is 3.12. The van der Waals surface area contributed by atoms with Gasteiger partial charge in [0.1, 0.15) is 5.76 Å². The summed E-state index contributed by atoms with van der Waals surface area (Å²) in [7, 11) is 0. The van der Waals surface area contributed by atoms with Crippen LogP contribution >= 0.6 is 0 Å². The van der Waals surface area contributed by atoms with Crippen molar-refractivity contribution in [2.75, 3.05) is 0 Å². The molecule has 0 bridgehead atoms. The van der Waals surface area contributed by atoms with Crippen molar-refractivity contribution in [1.82, 2.24) is 0 Å². The highest BCUT2D eigenvalue weighted by atomic mass is 16.4. The van der Waals surface area contributed by atoms with Crippen LogP contribution in [0.4, 0.5) is 0 Å². The van der Waals surface area contributed by atoms with Gasteiger partial charge in [0.05, 0.1) is 5.56 Å². The number of carbonyl (C=O) groups excluding carboxylic acids is 1. The number of hydrogen-bond acceptors (Lipinski definition) is 3. The molecule has 1 aromatic heterocycles. The molecule has 0 amide bonds. The number of fused-ring (bicyclic) bond motifs is 1. The van der Waals surface area contributed by atoms with Gasteiger partial charge in [-0.2, -0.15) is 0 Å². The largest absolute Gasteiger partial charge is 0.504 e. The highest BCUT2D eigenvalue weighted by Crippen LogP contribution is 2.34. The van der Waals surface area contributed by atoms with Gasteiger partial charge in [0.25, 0.3) is 0 Å². The molecule has 2 aromatic rings. The summed E-state index contributed by atoms with van der Waals surface area (Å²) in [6.45, 7) is 5.18. The Bertz CT molecular complexity index is 549. The van der Waals surface area contributed by atoms with Gasteiger partial charge in [0.15, 0.2) is 17.1 Å². The fourth-order valence-electron chi connectivity index (χ4n) is 1.67. The number of phenols is 1. The Morgan fingerprint density at radius 3 is 2.60 bits per heavy atom. The van der Waals surface area contributed by atoms with Crippen LogP contribution in [0.5, 0.6) is 5.75 Å². The number of benzene rings is 1. The highest BCUT2D eigenvalue weighted by Gasteiger charge is 2.15. The minimum atomic E-state index is -0.166. The Hall–Kier alpha value is -1.77. The molecule has 0 saturated heterocycles. The molecular formula is C12H12O3. The predicted octanol–water partition coefficient (Wildman–Crippen LogP) is 2.96. The third-order valence-electron chi connectivity index (χ3n) is 2.70. The maximum atomic E-state index is 11.2. The minimum Gasteiger partial charge on any atom is -0.504 e. The fourth-order valence-corrected chi connectivity index (χ4v) is 1.67. The number of ketones is 1. The zero-order valence-electron chi connectivity index (χ0n) is 8.92. The molecule has 0 aliphatic rings. The summed E-state index contributed by atoms with van der Waals surface area (Å²) in [5, 5.41) is 10.7. The van der Waals surface area contributed by atoms with E-state index in [9.17, 15) is 9.90 Å².